The minimum absolute atomic E-state index is 0.339. The van der Waals surface area contributed by atoms with Gasteiger partial charge in [-0.3, -0.25) is 9.59 Å². The van der Waals surface area contributed by atoms with E-state index in [1.165, 1.54) is 6.92 Å². The Balaban J connectivity index is 4.80. The van der Waals surface area contributed by atoms with Crippen molar-refractivity contribution in [3.8, 4) is 0 Å². The average molecular weight is 224 g/mol. The molecule has 0 spiro atoms. The Morgan fingerprint density at radius 2 is 1.94 bits per heavy atom. The summed E-state index contributed by atoms with van der Waals surface area (Å²) in [5.41, 5.74) is 1.17. The number of carbonyl (C=O) groups is 2. The Morgan fingerprint density at radius 1 is 1.38 bits per heavy atom. The highest BCUT2D eigenvalue weighted by molar-refractivity contribution is 5.79. The van der Waals surface area contributed by atoms with Crippen molar-refractivity contribution in [1.29, 1.82) is 0 Å². The van der Waals surface area contributed by atoms with Gasteiger partial charge in [-0.05, 0) is 30.9 Å². The van der Waals surface area contributed by atoms with E-state index in [1.54, 1.807) is 13.0 Å². The van der Waals surface area contributed by atoms with Gasteiger partial charge in [0, 0.05) is 12.5 Å². The summed E-state index contributed by atoms with van der Waals surface area (Å²) in [5, 5.41) is 0. The van der Waals surface area contributed by atoms with Gasteiger partial charge in [0.1, 0.15) is 12.4 Å². The summed E-state index contributed by atoms with van der Waals surface area (Å²) in [6.07, 6.45) is 2.74. The van der Waals surface area contributed by atoms with Crippen molar-refractivity contribution in [2.45, 2.75) is 40.2 Å². The molecule has 0 aliphatic carbocycles. The second kappa shape index (κ2) is 6.99. The fourth-order valence-electron chi connectivity index (χ4n) is 1.31. The fraction of sp³-hybridized carbons (Fsp3) is 0.538. The molecule has 90 valence electrons. The first-order valence-electron chi connectivity index (χ1n) is 5.37. The molecule has 3 nitrogen and oxygen atoms in total. The highest BCUT2D eigenvalue weighted by Gasteiger charge is 2.12. The van der Waals surface area contributed by atoms with Gasteiger partial charge in [0.05, 0.1) is 0 Å². The van der Waals surface area contributed by atoms with E-state index in [4.69, 9.17) is 4.74 Å². The summed E-state index contributed by atoms with van der Waals surface area (Å²) < 4.78 is 5.13. The van der Waals surface area contributed by atoms with Gasteiger partial charge in [-0.25, -0.2) is 0 Å². The Labute approximate surface area is 97.2 Å². The van der Waals surface area contributed by atoms with Crippen molar-refractivity contribution in [3.63, 3.8) is 0 Å². The third-order valence-corrected chi connectivity index (χ3v) is 2.01. The minimum atomic E-state index is -0.352. The fourth-order valence-corrected chi connectivity index (χ4v) is 1.31. The first-order valence-corrected chi connectivity index (χ1v) is 5.37. The first-order chi connectivity index (χ1) is 7.36. The van der Waals surface area contributed by atoms with Gasteiger partial charge in [-0.2, -0.15) is 0 Å². The maximum atomic E-state index is 10.9. The Morgan fingerprint density at radius 3 is 2.25 bits per heavy atom. The number of aldehydes is 1. The lowest BCUT2D eigenvalue weighted by atomic mass is 10.0. The molecular weight excluding hydrogens is 204 g/mol. The van der Waals surface area contributed by atoms with Crippen molar-refractivity contribution in [2.24, 2.45) is 5.92 Å². The maximum Gasteiger partial charge on any atom is 0.303 e. The van der Waals surface area contributed by atoms with Crippen molar-refractivity contribution in [2.75, 3.05) is 0 Å². The molecular formula is C13H20O3. The van der Waals surface area contributed by atoms with Gasteiger partial charge in [-0.1, -0.05) is 20.4 Å². The Hall–Kier alpha value is -1.38. The number of hydrogen-bond acceptors (Lipinski definition) is 3. The van der Waals surface area contributed by atoms with Crippen LogP contribution in [0.5, 0.6) is 0 Å². The summed E-state index contributed by atoms with van der Waals surface area (Å²) in [6.45, 7) is 10.9. The zero-order valence-electron chi connectivity index (χ0n) is 10.4. The number of rotatable bonds is 6. The number of allylic oxidation sites excluding steroid dienone is 2. The summed E-state index contributed by atoms with van der Waals surface area (Å²) in [7, 11) is 0. The number of hydrogen-bond donors (Lipinski definition) is 0. The standard InChI is InChI=1S/C13H20O3/c1-9(2)6-13(16-11(5)15)7-12(8-14)10(3)4/h7-9,13H,3,6H2,1-2,4-5H3/b12-7-. The molecule has 0 bridgehead atoms. The summed E-state index contributed by atoms with van der Waals surface area (Å²) in [6, 6.07) is 0. The van der Waals surface area contributed by atoms with Crippen molar-refractivity contribution in [1.82, 2.24) is 0 Å². The molecule has 0 amide bonds. The summed E-state index contributed by atoms with van der Waals surface area (Å²) >= 11 is 0. The van der Waals surface area contributed by atoms with E-state index in [0.29, 0.717) is 23.5 Å². The third kappa shape index (κ3) is 6.17. The lowest BCUT2D eigenvalue weighted by molar-refractivity contribution is -0.144. The number of ether oxygens (including phenoxy) is 1. The van der Waals surface area contributed by atoms with Crippen molar-refractivity contribution < 1.29 is 14.3 Å². The van der Waals surface area contributed by atoms with Crippen molar-refractivity contribution in [3.05, 3.63) is 23.8 Å². The highest BCUT2D eigenvalue weighted by atomic mass is 16.5. The van der Waals surface area contributed by atoms with E-state index in [9.17, 15) is 9.59 Å². The van der Waals surface area contributed by atoms with E-state index in [0.717, 1.165) is 6.29 Å². The van der Waals surface area contributed by atoms with Gasteiger partial charge in [-0.15, -0.1) is 0 Å². The van der Waals surface area contributed by atoms with Gasteiger partial charge in [0.2, 0.25) is 0 Å². The van der Waals surface area contributed by atoms with Crippen molar-refractivity contribution >= 4 is 12.3 Å². The largest absolute Gasteiger partial charge is 0.458 e. The molecule has 1 atom stereocenters. The maximum absolute atomic E-state index is 10.9. The molecule has 0 aromatic carbocycles. The van der Waals surface area contributed by atoms with Gasteiger partial charge in [0.15, 0.2) is 0 Å². The molecule has 0 aromatic rings. The second-order valence-corrected chi connectivity index (χ2v) is 4.30. The van der Waals surface area contributed by atoms with E-state index in [2.05, 4.69) is 6.58 Å². The van der Waals surface area contributed by atoms with Gasteiger partial charge in [0.25, 0.3) is 0 Å². The zero-order valence-corrected chi connectivity index (χ0v) is 10.4. The van der Waals surface area contributed by atoms with E-state index in [1.807, 2.05) is 13.8 Å². The molecule has 0 N–H and O–H groups in total. The molecule has 0 aliphatic heterocycles. The molecule has 16 heavy (non-hydrogen) atoms. The monoisotopic (exact) mass is 224 g/mol. The zero-order chi connectivity index (χ0) is 12.7. The lowest BCUT2D eigenvalue weighted by Gasteiger charge is -2.16. The number of esters is 1. The number of carbonyl (C=O) groups excluding carboxylic acids is 2. The predicted molar refractivity (Wildman–Crippen MR) is 64.0 cm³/mol. The van der Waals surface area contributed by atoms with Crippen LogP contribution in [0.4, 0.5) is 0 Å². The molecule has 3 heteroatoms. The predicted octanol–water partition coefficient (Wildman–Crippen LogP) is 2.67. The van der Waals surface area contributed by atoms with Crippen LogP contribution < -0.4 is 0 Å². The van der Waals surface area contributed by atoms with Crippen LogP contribution in [-0.2, 0) is 14.3 Å². The van der Waals surface area contributed by atoms with Crippen LogP contribution in [-0.4, -0.2) is 18.4 Å². The topological polar surface area (TPSA) is 43.4 Å². The van der Waals surface area contributed by atoms with Crippen LogP contribution in [0.2, 0.25) is 0 Å². The first kappa shape index (κ1) is 14.6. The molecule has 0 rings (SSSR count). The minimum Gasteiger partial charge on any atom is -0.458 e. The quantitative estimate of drug-likeness (QED) is 0.301. The molecule has 0 saturated carbocycles. The molecule has 1 unspecified atom stereocenters. The molecule has 0 radical (unpaired) electrons. The summed E-state index contributed by atoms with van der Waals surface area (Å²) in [4.78, 5) is 21.7. The Kier molecular flexibility index (Phi) is 6.38. The molecule has 0 saturated heterocycles. The smallest absolute Gasteiger partial charge is 0.303 e. The van der Waals surface area contributed by atoms with Crippen LogP contribution in [0.15, 0.2) is 23.8 Å². The molecule has 0 heterocycles. The molecule has 0 aliphatic rings. The summed E-state index contributed by atoms with van der Waals surface area (Å²) in [5.74, 6) is 0.0486. The van der Waals surface area contributed by atoms with Crippen LogP contribution >= 0.6 is 0 Å². The van der Waals surface area contributed by atoms with Crippen LogP contribution in [0.25, 0.3) is 0 Å². The third-order valence-electron chi connectivity index (χ3n) is 2.01. The molecule has 0 aromatic heterocycles. The average Bonchev–Trinajstić information content (AvgIpc) is 2.11. The highest BCUT2D eigenvalue weighted by Crippen LogP contribution is 2.14. The van der Waals surface area contributed by atoms with Crippen LogP contribution in [0, 0.1) is 5.92 Å². The van der Waals surface area contributed by atoms with Gasteiger partial charge >= 0.3 is 5.97 Å². The van der Waals surface area contributed by atoms with Crippen LogP contribution in [0.3, 0.4) is 0 Å². The normalized spacial score (nSPS) is 13.4. The van der Waals surface area contributed by atoms with Crippen LogP contribution in [0.1, 0.15) is 34.1 Å². The van der Waals surface area contributed by atoms with E-state index >= 15 is 0 Å². The lowest BCUT2D eigenvalue weighted by Crippen LogP contribution is -2.17. The Bertz CT molecular complexity index is 300. The molecule has 0 fully saturated rings. The van der Waals surface area contributed by atoms with E-state index < -0.39 is 0 Å². The van der Waals surface area contributed by atoms with Gasteiger partial charge < -0.3 is 4.74 Å². The second-order valence-electron chi connectivity index (χ2n) is 4.30. The van der Waals surface area contributed by atoms with E-state index in [-0.39, 0.29) is 12.1 Å². The SMILES string of the molecule is C=C(C)/C(C=O)=C\C(CC(C)C)OC(C)=O.